The quantitative estimate of drug-likeness (QED) is 0.421. The van der Waals surface area contributed by atoms with Gasteiger partial charge in [-0.3, -0.25) is 0 Å². The Bertz CT molecular complexity index is 738. The van der Waals surface area contributed by atoms with E-state index in [1.165, 1.54) is 45.6 Å². The Kier molecular flexibility index (Phi) is 6.22. The van der Waals surface area contributed by atoms with E-state index in [0.717, 1.165) is 46.9 Å². The Hall–Kier alpha value is -1.14. The van der Waals surface area contributed by atoms with Crippen LogP contribution in [-0.4, -0.2) is 24.2 Å². The molecule has 5 rings (SSSR count). The standard InChI is InChI=1S/C23H34N2O2S2/c1-4-6-19(23-11-14-7-15(12-23)9-16(8-14)13-23)24-22(28)25-20-18(21(26)27-3)10-17(5-2)29-20/h10,14-16,19H,4-9,11-13H2,1-3H3,(H2,24,25,28). The average Bonchev–Trinajstić information content (AvgIpc) is 3.08. The number of hydrogen-bond acceptors (Lipinski definition) is 4. The summed E-state index contributed by atoms with van der Waals surface area (Å²) < 4.78 is 4.96. The third-order valence-corrected chi connectivity index (χ3v) is 8.89. The topological polar surface area (TPSA) is 50.4 Å². The zero-order valence-corrected chi connectivity index (χ0v) is 19.5. The molecule has 4 nitrogen and oxygen atoms in total. The molecule has 1 atom stereocenters. The van der Waals surface area contributed by atoms with Crippen LogP contribution in [0.5, 0.6) is 0 Å². The fourth-order valence-electron chi connectivity index (χ4n) is 6.69. The number of esters is 1. The van der Waals surface area contributed by atoms with Crippen molar-refractivity contribution >= 4 is 39.6 Å². The highest BCUT2D eigenvalue weighted by atomic mass is 32.1. The van der Waals surface area contributed by atoms with Crippen LogP contribution in [-0.2, 0) is 11.2 Å². The second-order valence-corrected chi connectivity index (χ2v) is 11.1. The fraction of sp³-hybridized carbons (Fsp3) is 0.739. The lowest BCUT2D eigenvalue weighted by atomic mass is 9.47. The Morgan fingerprint density at radius 2 is 1.86 bits per heavy atom. The van der Waals surface area contributed by atoms with Crippen LogP contribution in [0.3, 0.4) is 0 Å². The molecule has 2 N–H and O–H groups in total. The van der Waals surface area contributed by atoms with E-state index in [9.17, 15) is 4.79 Å². The molecule has 1 unspecified atom stereocenters. The van der Waals surface area contributed by atoms with E-state index in [-0.39, 0.29) is 5.97 Å². The minimum Gasteiger partial charge on any atom is -0.465 e. The van der Waals surface area contributed by atoms with E-state index in [0.29, 0.717) is 22.1 Å². The molecule has 0 amide bonds. The van der Waals surface area contributed by atoms with Crippen LogP contribution < -0.4 is 10.6 Å². The van der Waals surface area contributed by atoms with E-state index >= 15 is 0 Å². The van der Waals surface area contributed by atoms with Crippen molar-refractivity contribution < 1.29 is 9.53 Å². The molecule has 0 radical (unpaired) electrons. The second-order valence-electron chi connectivity index (χ2n) is 9.52. The average molecular weight is 435 g/mol. The number of thiophene rings is 1. The lowest BCUT2D eigenvalue weighted by Crippen LogP contribution is -2.57. The molecular weight excluding hydrogens is 400 g/mol. The van der Waals surface area contributed by atoms with Crippen LogP contribution in [0, 0.1) is 23.2 Å². The lowest BCUT2D eigenvalue weighted by molar-refractivity contribution is -0.0718. The number of hydrogen-bond donors (Lipinski definition) is 2. The molecule has 0 aliphatic heterocycles. The first-order chi connectivity index (χ1) is 14.0. The van der Waals surface area contributed by atoms with E-state index in [2.05, 4.69) is 24.5 Å². The largest absolute Gasteiger partial charge is 0.465 e. The fourth-order valence-corrected chi connectivity index (χ4v) is 7.99. The molecule has 0 spiro atoms. The van der Waals surface area contributed by atoms with Gasteiger partial charge in [0.1, 0.15) is 5.00 Å². The molecule has 0 aromatic carbocycles. The van der Waals surface area contributed by atoms with Crippen LogP contribution >= 0.6 is 23.6 Å². The van der Waals surface area contributed by atoms with E-state index in [1.54, 1.807) is 11.3 Å². The Morgan fingerprint density at radius 3 is 2.38 bits per heavy atom. The zero-order valence-electron chi connectivity index (χ0n) is 17.9. The maximum Gasteiger partial charge on any atom is 0.340 e. The molecule has 29 heavy (non-hydrogen) atoms. The zero-order chi connectivity index (χ0) is 20.6. The first-order valence-electron chi connectivity index (χ1n) is 11.2. The van der Waals surface area contributed by atoms with Gasteiger partial charge >= 0.3 is 5.97 Å². The van der Waals surface area contributed by atoms with Crippen LogP contribution in [0.15, 0.2) is 6.07 Å². The number of carbonyl (C=O) groups excluding carboxylic acids is 1. The lowest BCUT2D eigenvalue weighted by Gasteiger charge is -2.59. The van der Waals surface area contributed by atoms with Crippen molar-refractivity contribution in [3.8, 4) is 0 Å². The number of nitrogens with one attached hydrogen (secondary N) is 2. The summed E-state index contributed by atoms with van der Waals surface area (Å²) in [4.78, 5) is 13.3. The van der Waals surface area contributed by atoms with Crippen molar-refractivity contribution in [2.24, 2.45) is 23.2 Å². The number of ether oxygens (including phenoxy) is 1. The van der Waals surface area contributed by atoms with E-state index in [1.807, 2.05) is 6.07 Å². The maximum atomic E-state index is 12.2. The Labute approximate surface area is 184 Å². The number of anilines is 1. The summed E-state index contributed by atoms with van der Waals surface area (Å²) in [5.74, 6) is 2.48. The Morgan fingerprint density at radius 1 is 1.24 bits per heavy atom. The monoisotopic (exact) mass is 434 g/mol. The third kappa shape index (κ3) is 4.20. The molecule has 1 aromatic heterocycles. The van der Waals surface area contributed by atoms with Gasteiger partial charge in [-0.1, -0.05) is 20.3 Å². The Balaban J connectivity index is 1.49. The molecule has 4 aliphatic carbocycles. The van der Waals surface area contributed by atoms with Gasteiger partial charge in [-0.25, -0.2) is 4.79 Å². The number of rotatable bonds is 7. The summed E-state index contributed by atoms with van der Waals surface area (Å²) in [6.07, 6.45) is 11.7. The molecule has 1 heterocycles. The van der Waals surface area contributed by atoms with Crippen molar-refractivity contribution in [1.29, 1.82) is 0 Å². The van der Waals surface area contributed by atoms with Crippen LogP contribution in [0.1, 0.15) is 80.4 Å². The van der Waals surface area contributed by atoms with Crippen molar-refractivity contribution in [2.45, 2.75) is 77.7 Å². The van der Waals surface area contributed by atoms with Gasteiger partial charge in [0.15, 0.2) is 5.11 Å². The van der Waals surface area contributed by atoms with E-state index < -0.39 is 0 Å². The minimum atomic E-state index is -0.308. The van der Waals surface area contributed by atoms with Gasteiger partial charge in [0.05, 0.1) is 12.7 Å². The van der Waals surface area contributed by atoms with Gasteiger partial charge in [-0.2, -0.15) is 0 Å². The SMILES string of the molecule is CCCC(NC(=S)Nc1sc(CC)cc1C(=O)OC)C12CC3CC(CC(C3)C1)C2. The molecule has 4 saturated carbocycles. The van der Waals surface area contributed by atoms with Gasteiger partial charge in [0, 0.05) is 10.9 Å². The smallest absolute Gasteiger partial charge is 0.340 e. The molecule has 4 fully saturated rings. The molecule has 160 valence electrons. The normalized spacial score (nSPS) is 30.8. The summed E-state index contributed by atoms with van der Waals surface area (Å²) in [6.45, 7) is 4.37. The third-order valence-electron chi connectivity index (χ3n) is 7.47. The summed E-state index contributed by atoms with van der Waals surface area (Å²) in [7, 11) is 1.43. The predicted molar refractivity (Wildman–Crippen MR) is 124 cm³/mol. The van der Waals surface area contributed by atoms with Gasteiger partial charge in [-0.05, 0) is 92.8 Å². The number of aryl methyl sites for hydroxylation is 1. The first-order valence-corrected chi connectivity index (χ1v) is 12.5. The van der Waals surface area contributed by atoms with Crippen LogP contribution in [0.4, 0.5) is 5.00 Å². The van der Waals surface area contributed by atoms with Crippen molar-refractivity contribution in [3.63, 3.8) is 0 Å². The highest BCUT2D eigenvalue weighted by Gasteiger charge is 2.54. The summed E-state index contributed by atoms with van der Waals surface area (Å²) >= 11 is 7.33. The molecule has 1 aromatic rings. The van der Waals surface area contributed by atoms with Crippen LogP contribution in [0.2, 0.25) is 0 Å². The highest BCUT2D eigenvalue weighted by molar-refractivity contribution is 7.80. The van der Waals surface area contributed by atoms with E-state index in [4.69, 9.17) is 17.0 Å². The molecule has 4 bridgehead atoms. The number of methoxy groups -OCH3 is 1. The maximum absolute atomic E-state index is 12.2. The van der Waals surface area contributed by atoms with Crippen molar-refractivity contribution in [3.05, 3.63) is 16.5 Å². The molecule has 6 heteroatoms. The number of carbonyl (C=O) groups is 1. The van der Waals surface area contributed by atoms with Crippen LogP contribution in [0.25, 0.3) is 0 Å². The number of thiocarbonyl (C=S) groups is 1. The van der Waals surface area contributed by atoms with Crippen molar-refractivity contribution in [2.75, 3.05) is 12.4 Å². The molecular formula is C23H34N2O2S2. The van der Waals surface area contributed by atoms with Gasteiger partial charge in [0.2, 0.25) is 0 Å². The molecule has 0 saturated heterocycles. The van der Waals surface area contributed by atoms with Gasteiger partial charge in [-0.15, -0.1) is 11.3 Å². The second kappa shape index (κ2) is 8.54. The minimum absolute atomic E-state index is 0.308. The summed E-state index contributed by atoms with van der Waals surface area (Å²) in [5.41, 5.74) is 0.992. The first kappa shape index (κ1) is 21.1. The van der Waals surface area contributed by atoms with Crippen molar-refractivity contribution in [1.82, 2.24) is 5.32 Å². The summed E-state index contributed by atoms with van der Waals surface area (Å²) in [5, 5.41) is 8.49. The van der Waals surface area contributed by atoms with Gasteiger partial charge in [0.25, 0.3) is 0 Å². The predicted octanol–water partition coefficient (Wildman–Crippen LogP) is 5.77. The summed E-state index contributed by atoms with van der Waals surface area (Å²) in [6, 6.07) is 2.34. The highest BCUT2D eigenvalue weighted by Crippen LogP contribution is 2.61. The van der Waals surface area contributed by atoms with Gasteiger partial charge < -0.3 is 15.4 Å². The molecule has 4 aliphatic rings.